The fourth-order valence-corrected chi connectivity index (χ4v) is 6.57. The molecule has 244 valence electrons. The predicted octanol–water partition coefficient (Wildman–Crippen LogP) is 1.74. The van der Waals surface area contributed by atoms with Gasteiger partial charge in [0, 0.05) is 36.1 Å². The van der Waals surface area contributed by atoms with Gasteiger partial charge in [-0.05, 0) is 61.7 Å². The number of benzene rings is 2. The van der Waals surface area contributed by atoms with E-state index >= 15 is 0 Å². The Morgan fingerprint density at radius 1 is 1.11 bits per heavy atom. The molecule has 2 N–H and O–H groups in total. The number of hydrogen-bond donors (Lipinski definition) is 1. The van der Waals surface area contributed by atoms with Crippen molar-refractivity contribution in [2.75, 3.05) is 26.3 Å². The normalized spacial score (nSPS) is 15.6. The number of aryl methyl sites for hydroxylation is 2. The number of esters is 1. The van der Waals surface area contributed by atoms with Crippen molar-refractivity contribution in [3.63, 3.8) is 0 Å². The van der Waals surface area contributed by atoms with Crippen LogP contribution in [0, 0.1) is 34.1 Å². The smallest absolute Gasteiger partial charge is 0.340 e. The van der Waals surface area contributed by atoms with Gasteiger partial charge in [-0.3, -0.25) is 9.36 Å². The number of nitrogens with zero attached hydrogens (tertiary/aromatic N) is 4. The lowest BCUT2D eigenvalue weighted by molar-refractivity contribution is -0.790. The van der Waals surface area contributed by atoms with Crippen LogP contribution in [0.2, 0.25) is 0 Å². The van der Waals surface area contributed by atoms with Gasteiger partial charge in [0.25, 0.3) is 15.7 Å². The van der Waals surface area contributed by atoms with E-state index < -0.39 is 57.8 Å². The molecule has 3 aromatic rings. The molecule has 19 heteroatoms. The van der Waals surface area contributed by atoms with E-state index in [1.54, 1.807) is 13.8 Å². The molecule has 0 aliphatic carbocycles. The highest BCUT2D eigenvalue weighted by Crippen LogP contribution is 2.29. The summed E-state index contributed by atoms with van der Waals surface area (Å²) in [6.45, 7) is 2.04. The standard InChI is InChI=1S/C26H29N5O12S.ClH/c1-16-10-19(40-13-20(43-31(36)37)14-42-30(34)35)6-7-21(16)26(33)41-15-28-11-17(2)24-22(25(28)32)4-3-5-23(24)44(38,39)29-9-8-18(27)12-29;/h3-7,10-11,18,20H,8-9,12-15,27H2,1-2H3;1H/t18-,20?;/m0./s1. The molecule has 0 spiro atoms. The Morgan fingerprint density at radius 2 is 1.84 bits per heavy atom. The molecule has 0 amide bonds. The Hall–Kier alpha value is -4.52. The van der Waals surface area contributed by atoms with Crippen molar-refractivity contribution in [1.29, 1.82) is 0 Å². The second-order valence-corrected chi connectivity index (χ2v) is 11.9. The maximum atomic E-state index is 13.4. The van der Waals surface area contributed by atoms with Gasteiger partial charge in [0.05, 0.1) is 10.5 Å². The zero-order valence-electron chi connectivity index (χ0n) is 24.0. The number of aromatic nitrogens is 1. The molecule has 0 bridgehead atoms. The number of fused-ring (bicyclic) bond motifs is 1. The van der Waals surface area contributed by atoms with Crippen molar-refractivity contribution in [3.8, 4) is 5.75 Å². The average Bonchev–Trinajstić information content (AvgIpc) is 3.42. The minimum Gasteiger partial charge on any atom is -0.491 e. The fraction of sp³-hybridized carbons (Fsp3) is 0.385. The molecule has 1 aromatic heterocycles. The van der Waals surface area contributed by atoms with Gasteiger partial charge < -0.3 is 24.9 Å². The van der Waals surface area contributed by atoms with E-state index in [4.69, 9.17) is 15.2 Å². The van der Waals surface area contributed by atoms with Crippen molar-refractivity contribution in [3.05, 3.63) is 89.9 Å². The number of sulfonamides is 1. The maximum Gasteiger partial charge on any atom is 0.340 e. The highest BCUT2D eigenvalue weighted by Gasteiger charge is 2.32. The second kappa shape index (κ2) is 14.5. The first-order valence-electron chi connectivity index (χ1n) is 13.2. The van der Waals surface area contributed by atoms with E-state index in [9.17, 15) is 38.2 Å². The molecule has 2 atom stereocenters. The number of carbonyl (C=O) groups is 1. The van der Waals surface area contributed by atoms with Gasteiger partial charge in [-0.15, -0.1) is 32.6 Å². The van der Waals surface area contributed by atoms with Crippen LogP contribution in [0.1, 0.15) is 27.9 Å². The van der Waals surface area contributed by atoms with E-state index in [1.807, 2.05) is 0 Å². The molecule has 1 saturated heterocycles. The van der Waals surface area contributed by atoms with Crippen molar-refractivity contribution in [2.45, 2.75) is 44.0 Å². The van der Waals surface area contributed by atoms with Gasteiger partial charge >= 0.3 is 5.97 Å². The molecular weight excluding hydrogens is 642 g/mol. The number of carbonyl (C=O) groups excluding carboxylic acids is 1. The topological polar surface area (TPSA) is 226 Å². The van der Waals surface area contributed by atoms with Gasteiger partial charge in [0.1, 0.15) is 19.0 Å². The van der Waals surface area contributed by atoms with Crippen LogP contribution in [0.4, 0.5) is 0 Å². The first kappa shape index (κ1) is 35.0. The van der Waals surface area contributed by atoms with Crippen LogP contribution in [-0.2, 0) is 31.2 Å². The molecule has 4 rings (SSSR count). The van der Waals surface area contributed by atoms with Crippen LogP contribution < -0.4 is 16.0 Å². The van der Waals surface area contributed by atoms with Crippen LogP contribution in [0.25, 0.3) is 10.8 Å². The zero-order chi connectivity index (χ0) is 32.2. The van der Waals surface area contributed by atoms with Gasteiger partial charge in [-0.25, -0.2) is 13.2 Å². The summed E-state index contributed by atoms with van der Waals surface area (Å²) in [7, 11) is -3.90. The number of nitrogens with two attached hydrogens (primary N) is 1. The predicted molar refractivity (Wildman–Crippen MR) is 158 cm³/mol. The van der Waals surface area contributed by atoms with Gasteiger partial charge in [-0.1, -0.05) is 6.07 Å². The van der Waals surface area contributed by atoms with Crippen molar-refractivity contribution in [2.24, 2.45) is 5.73 Å². The molecular formula is C26H30ClN5O12S. The minimum atomic E-state index is -3.90. The monoisotopic (exact) mass is 671 g/mol. The fourth-order valence-electron chi connectivity index (χ4n) is 4.77. The third-order valence-corrected chi connectivity index (χ3v) is 8.76. The van der Waals surface area contributed by atoms with E-state index in [2.05, 4.69) is 9.68 Å². The molecule has 1 aliphatic rings. The number of hydrogen-bond acceptors (Lipinski definition) is 13. The molecule has 17 nitrogen and oxygen atoms in total. The highest BCUT2D eigenvalue weighted by atomic mass is 35.5. The van der Waals surface area contributed by atoms with Crippen LogP contribution in [0.3, 0.4) is 0 Å². The third-order valence-electron chi connectivity index (χ3n) is 6.86. The molecule has 0 radical (unpaired) electrons. The van der Waals surface area contributed by atoms with Gasteiger partial charge in [0.2, 0.25) is 10.0 Å². The first-order chi connectivity index (χ1) is 20.8. The SMILES string of the molecule is Cc1cc(OCC(CO[N+](=O)[O-])O[N+](=O)[O-])ccc1C(=O)OCn1cc(C)c2c(S(=O)(=O)N3CC[C@H](N)C3)cccc2c1=O.Cl. The number of ether oxygens (including phenoxy) is 2. The molecule has 2 aromatic carbocycles. The number of pyridine rings is 1. The summed E-state index contributed by atoms with van der Waals surface area (Å²) in [5, 5.41) is 19.2. The van der Waals surface area contributed by atoms with Crippen LogP contribution in [0.5, 0.6) is 5.75 Å². The lowest BCUT2D eigenvalue weighted by atomic mass is 10.1. The maximum absolute atomic E-state index is 13.4. The Bertz CT molecular complexity index is 1770. The van der Waals surface area contributed by atoms with Crippen molar-refractivity contribution in [1.82, 2.24) is 8.87 Å². The van der Waals surface area contributed by atoms with E-state index in [1.165, 1.54) is 46.9 Å². The Balaban J connectivity index is 0.00000552. The van der Waals surface area contributed by atoms with Crippen LogP contribution in [0.15, 0.2) is 52.3 Å². The summed E-state index contributed by atoms with van der Waals surface area (Å²) in [5.74, 6) is -0.588. The van der Waals surface area contributed by atoms with E-state index in [-0.39, 0.29) is 58.5 Å². The summed E-state index contributed by atoms with van der Waals surface area (Å²) in [6, 6.07) is 8.37. The van der Waals surface area contributed by atoms with E-state index in [0.29, 0.717) is 17.5 Å². The first-order valence-corrected chi connectivity index (χ1v) is 14.6. The Kier molecular flexibility index (Phi) is 11.3. The molecule has 2 heterocycles. The molecule has 1 fully saturated rings. The lowest BCUT2D eigenvalue weighted by Gasteiger charge is -2.19. The largest absolute Gasteiger partial charge is 0.491 e. The third kappa shape index (κ3) is 8.15. The summed E-state index contributed by atoms with van der Waals surface area (Å²) >= 11 is 0. The molecule has 1 unspecified atom stereocenters. The molecule has 45 heavy (non-hydrogen) atoms. The van der Waals surface area contributed by atoms with Gasteiger partial charge in [0.15, 0.2) is 12.8 Å². The zero-order valence-corrected chi connectivity index (χ0v) is 25.7. The summed E-state index contributed by atoms with van der Waals surface area (Å²) in [5.41, 5.74) is 6.37. The average molecular weight is 672 g/mol. The molecule has 1 aliphatic heterocycles. The second-order valence-electron chi connectivity index (χ2n) is 10.00. The van der Waals surface area contributed by atoms with E-state index in [0.717, 1.165) is 4.57 Å². The van der Waals surface area contributed by atoms with Crippen LogP contribution >= 0.6 is 12.4 Å². The van der Waals surface area contributed by atoms with Crippen LogP contribution in [-0.4, -0.2) is 71.9 Å². The Morgan fingerprint density at radius 3 is 2.47 bits per heavy atom. The summed E-state index contributed by atoms with van der Waals surface area (Å²) < 4.78 is 40.0. The minimum absolute atomic E-state index is 0. The lowest BCUT2D eigenvalue weighted by Crippen LogP contribution is -2.32. The highest BCUT2D eigenvalue weighted by molar-refractivity contribution is 7.89. The van der Waals surface area contributed by atoms with Crippen molar-refractivity contribution < 1.29 is 42.5 Å². The quantitative estimate of drug-likeness (QED) is 0.155. The number of halogens is 1. The molecule has 0 saturated carbocycles. The summed E-state index contributed by atoms with van der Waals surface area (Å²) in [4.78, 5) is 55.6. The number of rotatable bonds is 13. The van der Waals surface area contributed by atoms with Gasteiger partial charge in [-0.2, -0.15) is 4.31 Å². The summed E-state index contributed by atoms with van der Waals surface area (Å²) in [6.07, 6.45) is 0.568. The Labute approximate surface area is 262 Å². The van der Waals surface area contributed by atoms with Crippen molar-refractivity contribution >= 4 is 39.2 Å².